The Morgan fingerprint density at radius 2 is 2.00 bits per heavy atom. The van der Waals surface area contributed by atoms with Crippen LogP contribution in [-0.2, 0) is 0 Å². The molecule has 0 amide bonds. The molecule has 64 valence electrons. The fourth-order valence-corrected chi connectivity index (χ4v) is 2.61. The van der Waals surface area contributed by atoms with E-state index in [1.54, 1.807) is 0 Å². The van der Waals surface area contributed by atoms with Gasteiger partial charge in [0.2, 0.25) is 0 Å². The van der Waals surface area contributed by atoms with Gasteiger partial charge in [-0.3, -0.25) is 4.72 Å². The van der Waals surface area contributed by atoms with E-state index in [4.69, 9.17) is 0 Å². The molecule has 2 fully saturated rings. The highest BCUT2D eigenvalue weighted by Crippen LogP contribution is 2.40. The van der Waals surface area contributed by atoms with Crippen LogP contribution in [0.1, 0.15) is 38.5 Å². The van der Waals surface area contributed by atoms with Gasteiger partial charge in [-0.2, -0.15) is 0 Å². The van der Waals surface area contributed by atoms with Crippen molar-refractivity contribution in [3.8, 4) is 0 Å². The number of rotatable bonds is 3. The summed E-state index contributed by atoms with van der Waals surface area (Å²) in [4.78, 5) is 0. The fourth-order valence-electron chi connectivity index (χ4n) is 2.27. The second kappa shape index (κ2) is 3.36. The van der Waals surface area contributed by atoms with E-state index in [1.165, 1.54) is 38.5 Å². The van der Waals surface area contributed by atoms with Crippen molar-refractivity contribution in [2.45, 2.75) is 44.6 Å². The van der Waals surface area contributed by atoms with Crippen molar-refractivity contribution in [3.63, 3.8) is 0 Å². The molecule has 2 atom stereocenters. The number of nitrogens with one attached hydrogen (secondary N) is 1. The second-order valence-corrected chi connectivity index (χ2v) is 4.36. The first-order chi connectivity index (χ1) is 5.40. The van der Waals surface area contributed by atoms with Crippen LogP contribution >= 0.6 is 12.8 Å². The number of thiol groups is 1. The Hall–Kier alpha value is 0.310. The summed E-state index contributed by atoms with van der Waals surface area (Å²) in [6.45, 7) is 0. The van der Waals surface area contributed by atoms with Gasteiger partial charge in [0.05, 0.1) is 0 Å². The maximum atomic E-state index is 4.17. The lowest BCUT2D eigenvalue weighted by Gasteiger charge is -2.17. The molecule has 0 aromatic carbocycles. The molecule has 1 nitrogen and oxygen atoms in total. The molecule has 0 aromatic heterocycles. The summed E-state index contributed by atoms with van der Waals surface area (Å²) in [6.07, 6.45) is 8.66. The van der Waals surface area contributed by atoms with E-state index in [2.05, 4.69) is 17.5 Å². The van der Waals surface area contributed by atoms with Gasteiger partial charge >= 0.3 is 0 Å². The third kappa shape index (κ3) is 1.91. The Labute approximate surface area is 74.5 Å². The Kier molecular flexibility index (Phi) is 2.42. The Morgan fingerprint density at radius 1 is 1.18 bits per heavy atom. The molecule has 1 unspecified atom stereocenters. The van der Waals surface area contributed by atoms with E-state index < -0.39 is 0 Å². The highest BCUT2D eigenvalue weighted by atomic mass is 32.1. The van der Waals surface area contributed by atoms with Gasteiger partial charge in [0.15, 0.2) is 0 Å². The molecular formula is C9H17NS. The molecule has 11 heavy (non-hydrogen) atoms. The average molecular weight is 171 g/mol. The molecule has 1 N–H and O–H groups in total. The molecule has 2 rings (SSSR count). The van der Waals surface area contributed by atoms with Crippen molar-refractivity contribution >= 4 is 12.8 Å². The van der Waals surface area contributed by atoms with Gasteiger partial charge in [-0.1, -0.05) is 32.1 Å². The SMILES string of the molecule is SNC1CCC[C@H]1CC1CC1. The van der Waals surface area contributed by atoms with Crippen LogP contribution < -0.4 is 4.72 Å². The van der Waals surface area contributed by atoms with E-state index in [0.29, 0.717) is 0 Å². The maximum absolute atomic E-state index is 4.17. The zero-order valence-corrected chi connectivity index (χ0v) is 7.82. The summed E-state index contributed by atoms with van der Waals surface area (Å²) in [7, 11) is 0. The van der Waals surface area contributed by atoms with Crippen LogP contribution in [0.3, 0.4) is 0 Å². The zero-order valence-electron chi connectivity index (χ0n) is 6.92. The van der Waals surface area contributed by atoms with Gasteiger partial charge in [0.1, 0.15) is 0 Å². The highest BCUT2D eigenvalue weighted by molar-refractivity contribution is 7.78. The van der Waals surface area contributed by atoms with Gasteiger partial charge in [0, 0.05) is 6.04 Å². The summed E-state index contributed by atoms with van der Waals surface area (Å²) < 4.78 is 3.14. The third-order valence-corrected chi connectivity index (χ3v) is 3.49. The van der Waals surface area contributed by atoms with E-state index in [1.807, 2.05) is 0 Å². The van der Waals surface area contributed by atoms with Crippen LogP contribution in [0.2, 0.25) is 0 Å². The molecule has 2 heteroatoms. The number of hydrogen-bond acceptors (Lipinski definition) is 2. The first-order valence-corrected chi connectivity index (χ1v) is 5.24. The fraction of sp³-hybridized carbons (Fsp3) is 1.00. The minimum absolute atomic E-state index is 0.721. The summed E-state index contributed by atoms with van der Waals surface area (Å²) in [5, 5.41) is 0. The van der Waals surface area contributed by atoms with Crippen molar-refractivity contribution < 1.29 is 0 Å². The Bertz CT molecular complexity index is 134. The first-order valence-electron chi connectivity index (χ1n) is 4.80. The second-order valence-electron chi connectivity index (χ2n) is 4.11. The minimum Gasteiger partial charge on any atom is -0.263 e. The minimum atomic E-state index is 0.721. The van der Waals surface area contributed by atoms with Crippen LogP contribution in [0.25, 0.3) is 0 Å². The predicted octanol–water partition coefficient (Wildman–Crippen LogP) is 2.39. The van der Waals surface area contributed by atoms with Crippen molar-refractivity contribution in [1.82, 2.24) is 4.72 Å². The van der Waals surface area contributed by atoms with Crippen LogP contribution in [0, 0.1) is 11.8 Å². The van der Waals surface area contributed by atoms with Gasteiger partial charge in [-0.15, -0.1) is 0 Å². The van der Waals surface area contributed by atoms with Crippen LogP contribution in [0.4, 0.5) is 0 Å². The molecule has 0 spiro atoms. The summed E-state index contributed by atoms with van der Waals surface area (Å²) in [6, 6.07) is 0.721. The monoisotopic (exact) mass is 171 g/mol. The topological polar surface area (TPSA) is 12.0 Å². The van der Waals surface area contributed by atoms with E-state index >= 15 is 0 Å². The highest BCUT2D eigenvalue weighted by Gasteiger charge is 2.32. The molecule has 2 aliphatic carbocycles. The maximum Gasteiger partial charge on any atom is 0.0197 e. The van der Waals surface area contributed by atoms with Crippen LogP contribution in [-0.4, -0.2) is 6.04 Å². The van der Waals surface area contributed by atoms with Crippen molar-refractivity contribution in [2.24, 2.45) is 11.8 Å². The van der Waals surface area contributed by atoms with Crippen molar-refractivity contribution in [2.75, 3.05) is 0 Å². The molecule has 0 aliphatic heterocycles. The molecule has 2 aliphatic rings. The molecule has 0 aromatic rings. The number of hydrogen-bond donors (Lipinski definition) is 2. The smallest absolute Gasteiger partial charge is 0.0197 e. The Morgan fingerprint density at radius 3 is 2.64 bits per heavy atom. The molecule has 0 radical (unpaired) electrons. The Balaban J connectivity index is 1.79. The van der Waals surface area contributed by atoms with E-state index in [0.717, 1.165) is 17.9 Å². The molecular weight excluding hydrogens is 154 g/mol. The molecule has 2 saturated carbocycles. The van der Waals surface area contributed by atoms with Crippen LogP contribution in [0.15, 0.2) is 0 Å². The summed E-state index contributed by atoms with van der Waals surface area (Å²) >= 11 is 4.17. The lowest BCUT2D eigenvalue weighted by molar-refractivity contribution is 0.408. The van der Waals surface area contributed by atoms with E-state index in [-0.39, 0.29) is 0 Å². The third-order valence-electron chi connectivity index (χ3n) is 3.16. The largest absolute Gasteiger partial charge is 0.263 e. The van der Waals surface area contributed by atoms with Gasteiger partial charge in [0.25, 0.3) is 0 Å². The molecule has 0 bridgehead atoms. The lowest BCUT2D eigenvalue weighted by Crippen LogP contribution is -2.25. The average Bonchev–Trinajstić information content (AvgIpc) is 2.68. The van der Waals surface area contributed by atoms with Crippen molar-refractivity contribution in [1.29, 1.82) is 0 Å². The first kappa shape index (κ1) is 7.93. The molecule has 0 saturated heterocycles. The van der Waals surface area contributed by atoms with E-state index in [9.17, 15) is 0 Å². The lowest BCUT2D eigenvalue weighted by atomic mass is 9.97. The van der Waals surface area contributed by atoms with Crippen LogP contribution in [0.5, 0.6) is 0 Å². The van der Waals surface area contributed by atoms with Crippen molar-refractivity contribution in [3.05, 3.63) is 0 Å². The standard InChI is InChI=1S/C9H17NS/c11-10-9-3-1-2-8(9)6-7-4-5-7/h7-11H,1-6H2/t8-,9?/m0/s1. The quantitative estimate of drug-likeness (QED) is 0.621. The molecule has 0 heterocycles. The predicted molar refractivity (Wildman–Crippen MR) is 50.6 cm³/mol. The summed E-state index contributed by atoms with van der Waals surface area (Å²) in [5.74, 6) is 2.03. The van der Waals surface area contributed by atoms with Gasteiger partial charge < -0.3 is 0 Å². The normalized spacial score (nSPS) is 37.9. The zero-order chi connectivity index (χ0) is 7.68. The van der Waals surface area contributed by atoms with Gasteiger partial charge in [-0.25, -0.2) is 0 Å². The van der Waals surface area contributed by atoms with Gasteiger partial charge in [-0.05, 0) is 31.1 Å². The summed E-state index contributed by atoms with van der Waals surface area (Å²) in [5.41, 5.74) is 0.